The predicted octanol–water partition coefficient (Wildman–Crippen LogP) is -1.27. The van der Waals surface area contributed by atoms with Crippen molar-refractivity contribution in [3.8, 4) is 5.75 Å². The number of rotatable bonds is 4. The van der Waals surface area contributed by atoms with Crippen LogP contribution in [-0.4, -0.2) is 35.2 Å². The van der Waals surface area contributed by atoms with E-state index < -0.39 is 34.6 Å². The van der Waals surface area contributed by atoms with Gasteiger partial charge in [-0.05, 0) is 0 Å². The molecule has 1 heterocycles. The zero-order valence-electron chi connectivity index (χ0n) is 8.60. The van der Waals surface area contributed by atoms with Gasteiger partial charge >= 0.3 is 5.97 Å². The van der Waals surface area contributed by atoms with Crippen LogP contribution in [0.2, 0.25) is 0 Å². The fourth-order valence-corrected chi connectivity index (χ4v) is 1.01. The van der Waals surface area contributed by atoms with Crippen LogP contribution in [0.25, 0.3) is 0 Å². The Labute approximate surface area is 94.7 Å². The van der Waals surface area contributed by atoms with Crippen molar-refractivity contribution < 1.29 is 24.2 Å². The van der Waals surface area contributed by atoms with Crippen LogP contribution in [0.4, 0.5) is 0 Å². The van der Waals surface area contributed by atoms with E-state index in [0.717, 1.165) is 0 Å². The highest BCUT2D eigenvalue weighted by molar-refractivity contribution is 5.94. The highest BCUT2D eigenvalue weighted by atomic mass is 16.4. The monoisotopic (exact) mass is 242 g/mol. The molecule has 0 fully saturated rings. The zero-order chi connectivity index (χ0) is 13.0. The summed E-state index contributed by atoms with van der Waals surface area (Å²) in [6, 6.07) is 0.581. The maximum absolute atomic E-state index is 11.4. The van der Waals surface area contributed by atoms with Crippen molar-refractivity contribution in [1.29, 1.82) is 0 Å². The first kappa shape index (κ1) is 12.7. The summed E-state index contributed by atoms with van der Waals surface area (Å²) in [7, 11) is 0. The SMILES string of the molecule is NCCNC(=O)c1oc(C(=O)O)cc(=O)c1O. The minimum Gasteiger partial charge on any atom is -0.501 e. The van der Waals surface area contributed by atoms with Gasteiger partial charge in [0, 0.05) is 19.2 Å². The van der Waals surface area contributed by atoms with E-state index in [1.807, 2.05) is 0 Å². The fraction of sp³-hybridized carbons (Fsp3) is 0.222. The van der Waals surface area contributed by atoms with Gasteiger partial charge in [-0.15, -0.1) is 0 Å². The van der Waals surface area contributed by atoms with Crippen molar-refractivity contribution in [1.82, 2.24) is 5.32 Å². The van der Waals surface area contributed by atoms with Crippen molar-refractivity contribution in [3.05, 3.63) is 27.8 Å². The summed E-state index contributed by atoms with van der Waals surface area (Å²) >= 11 is 0. The Balaban J connectivity index is 3.18. The summed E-state index contributed by atoms with van der Waals surface area (Å²) in [5.74, 6) is -4.85. The van der Waals surface area contributed by atoms with Crippen LogP contribution in [0, 0.1) is 0 Å². The first-order chi connectivity index (χ1) is 7.97. The Morgan fingerprint density at radius 2 is 2.12 bits per heavy atom. The highest BCUT2D eigenvalue weighted by Crippen LogP contribution is 2.13. The van der Waals surface area contributed by atoms with E-state index in [9.17, 15) is 19.5 Å². The molecule has 0 unspecified atom stereocenters. The van der Waals surface area contributed by atoms with E-state index in [1.165, 1.54) is 0 Å². The lowest BCUT2D eigenvalue weighted by molar-refractivity contribution is 0.0654. The summed E-state index contributed by atoms with van der Waals surface area (Å²) in [4.78, 5) is 33.2. The van der Waals surface area contributed by atoms with Gasteiger partial charge in [-0.2, -0.15) is 0 Å². The number of carboxylic acids is 1. The molecule has 1 aromatic rings. The van der Waals surface area contributed by atoms with Crippen LogP contribution < -0.4 is 16.5 Å². The summed E-state index contributed by atoms with van der Waals surface area (Å²) in [5.41, 5.74) is 4.13. The summed E-state index contributed by atoms with van der Waals surface area (Å²) in [5, 5.41) is 20.1. The number of amides is 1. The number of aromatic carboxylic acids is 1. The molecule has 0 bridgehead atoms. The number of hydrogen-bond acceptors (Lipinski definition) is 6. The molecule has 0 aliphatic heterocycles. The molecule has 0 aliphatic rings. The summed E-state index contributed by atoms with van der Waals surface area (Å²) < 4.78 is 4.61. The van der Waals surface area contributed by atoms with Crippen molar-refractivity contribution in [3.63, 3.8) is 0 Å². The molecule has 8 nitrogen and oxygen atoms in total. The number of hydrogen-bond donors (Lipinski definition) is 4. The second-order valence-corrected chi connectivity index (χ2v) is 3.00. The second kappa shape index (κ2) is 5.12. The lowest BCUT2D eigenvalue weighted by atomic mass is 10.3. The molecule has 0 spiro atoms. The smallest absolute Gasteiger partial charge is 0.371 e. The normalized spacial score (nSPS) is 9.94. The van der Waals surface area contributed by atoms with Crippen molar-refractivity contribution >= 4 is 11.9 Å². The van der Waals surface area contributed by atoms with Gasteiger partial charge in [0.25, 0.3) is 5.91 Å². The minimum atomic E-state index is -1.52. The van der Waals surface area contributed by atoms with E-state index in [4.69, 9.17) is 10.8 Å². The van der Waals surface area contributed by atoms with Crippen molar-refractivity contribution in [2.24, 2.45) is 5.73 Å². The highest BCUT2D eigenvalue weighted by Gasteiger charge is 2.20. The van der Waals surface area contributed by atoms with E-state index >= 15 is 0 Å². The second-order valence-electron chi connectivity index (χ2n) is 3.00. The number of aromatic hydroxyl groups is 1. The molecule has 1 rings (SSSR count). The Hall–Kier alpha value is -2.35. The van der Waals surface area contributed by atoms with Gasteiger partial charge < -0.3 is 25.7 Å². The Morgan fingerprint density at radius 3 is 2.65 bits per heavy atom. The molecule has 0 atom stereocenters. The average molecular weight is 242 g/mol. The molecule has 0 radical (unpaired) electrons. The number of carbonyl (C=O) groups is 2. The fourth-order valence-electron chi connectivity index (χ4n) is 1.01. The van der Waals surface area contributed by atoms with Crippen molar-refractivity contribution in [2.75, 3.05) is 13.1 Å². The van der Waals surface area contributed by atoms with E-state index in [-0.39, 0.29) is 13.1 Å². The predicted molar refractivity (Wildman–Crippen MR) is 55.0 cm³/mol. The van der Waals surface area contributed by atoms with Gasteiger partial charge in [0.1, 0.15) is 0 Å². The van der Waals surface area contributed by atoms with Crippen LogP contribution in [0.15, 0.2) is 15.3 Å². The third kappa shape index (κ3) is 2.82. The van der Waals surface area contributed by atoms with Gasteiger partial charge in [-0.1, -0.05) is 0 Å². The molecule has 0 saturated carbocycles. The first-order valence-corrected chi connectivity index (χ1v) is 4.56. The van der Waals surface area contributed by atoms with E-state index in [1.54, 1.807) is 0 Å². The molecule has 17 heavy (non-hydrogen) atoms. The zero-order valence-corrected chi connectivity index (χ0v) is 8.60. The largest absolute Gasteiger partial charge is 0.501 e. The van der Waals surface area contributed by atoms with E-state index in [2.05, 4.69) is 9.73 Å². The van der Waals surface area contributed by atoms with Crippen molar-refractivity contribution in [2.45, 2.75) is 0 Å². The van der Waals surface area contributed by atoms with Gasteiger partial charge in [-0.25, -0.2) is 4.79 Å². The lowest BCUT2D eigenvalue weighted by Crippen LogP contribution is -2.30. The number of nitrogens with one attached hydrogen (secondary N) is 1. The molecule has 8 heteroatoms. The van der Waals surface area contributed by atoms with Crippen LogP contribution >= 0.6 is 0 Å². The molecule has 0 aromatic carbocycles. The number of nitrogens with two attached hydrogens (primary N) is 1. The lowest BCUT2D eigenvalue weighted by Gasteiger charge is -2.04. The van der Waals surface area contributed by atoms with Gasteiger partial charge in [0.15, 0.2) is 0 Å². The Bertz CT molecular complexity index is 507. The third-order valence-electron chi connectivity index (χ3n) is 1.77. The van der Waals surface area contributed by atoms with Crippen LogP contribution in [-0.2, 0) is 0 Å². The molecule has 0 aliphatic carbocycles. The third-order valence-corrected chi connectivity index (χ3v) is 1.77. The molecule has 1 aromatic heterocycles. The van der Waals surface area contributed by atoms with Crippen LogP contribution in [0.3, 0.4) is 0 Å². The topological polar surface area (TPSA) is 143 Å². The Morgan fingerprint density at radius 1 is 1.47 bits per heavy atom. The minimum absolute atomic E-state index is 0.0965. The maximum Gasteiger partial charge on any atom is 0.371 e. The molecule has 0 saturated heterocycles. The molecule has 1 amide bonds. The van der Waals surface area contributed by atoms with Crippen LogP contribution in [0.5, 0.6) is 5.75 Å². The molecular weight excluding hydrogens is 232 g/mol. The molecule has 92 valence electrons. The van der Waals surface area contributed by atoms with Gasteiger partial charge in [-0.3, -0.25) is 9.59 Å². The average Bonchev–Trinajstić information content (AvgIpc) is 2.29. The number of carboxylic acid groups (broad SMARTS) is 1. The Kier molecular flexibility index (Phi) is 3.83. The number of carbonyl (C=O) groups excluding carboxylic acids is 1. The van der Waals surface area contributed by atoms with E-state index in [0.29, 0.717) is 6.07 Å². The standard InChI is InChI=1S/C9H10N2O6/c10-1-2-11-8(14)7-6(13)4(12)3-5(17-7)9(15)16/h3,13H,1-2,10H2,(H,11,14)(H,15,16). The molecular formula is C9H10N2O6. The quantitative estimate of drug-likeness (QED) is 0.515. The first-order valence-electron chi connectivity index (χ1n) is 4.56. The van der Waals surface area contributed by atoms with Gasteiger partial charge in [0.2, 0.25) is 22.7 Å². The van der Waals surface area contributed by atoms with Crippen LogP contribution in [0.1, 0.15) is 21.1 Å². The summed E-state index contributed by atoms with van der Waals surface area (Å²) in [6.45, 7) is 0.245. The molecule has 5 N–H and O–H groups in total. The van der Waals surface area contributed by atoms with Gasteiger partial charge in [0.05, 0.1) is 0 Å². The summed E-state index contributed by atoms with van der Waals surface area (Å²) in [6.07, 6.45) is 0. The maximum atomic E-state index is 11.4.